The van der Waals surface area contributed by atoms with Crippen LogP contribution in [0.3, 0.4) is 0 Å². The number of ether oxygens (including phenoxy) is 2. The molecule has 1 aromatic heterocycles. The van der Waals surface area contributed by atoms with Gasteiger partial charge in [0.1, 0.15) is 17.7 Å². The highest BCUT2D eigenvalue weighted by Crippen LogP contribution is 2.17. The van der Waals surface area contributed by atoms with Crippen LogP contribution in [-0.2, 0) is 16.0 Å². The maximum Gasteiger partial charge on any atom is 0.328 e. The molecule has 1 heterocycles. The average molecular weight is 350 g/mol. The van der Waals surface area contributed by atoms with Gasteiger partial charge in [-0.2, -0.15) is 0 Å². The van der Waals surface area contributed by atoms with Gasteiger partial charge in [0.05, 0.1) is 14.2 Å². The van der Waals surface area contributed by atoms with Crippen molar-refractivity contribution in [2.75, 3.05) is 14.2 Å². The fourth-order valence-electron chi connectivity index (χ4n) is 2.25. The molecule has 1 amide bonds. The van der Waals surface area contributed by atoms with Gasteiger partial charge in [0.15, 0.2) is 0 Å². The Morgan fingerprint density at radius 2 is 1.88 bits per heavy atom. The number of benzene rings is 1. The average Bonchev–Trinajstić information content (AvgIpc) is 2.60. The zero-order valence-electron chi connectivity index (χ0n) is 13.6. The van der Waals surface area contributed by atoms with Crippen LogP contribution in [-0.4, -0.2) is 37.1 Å². The summed E-state index contributed by atoms with van der Waals surface area (Å²) in [5, 5.41) is 2.41. The van der Waals surface area contributed by atoms with Gasteiger partial charge in [-0.3, -0.25) is 4.79 Å². The van der Waals surface area contributed by atoms with Crippen LogP contribution in [0.5, 0.6) is 5.88 Å². The predicted octanol–water partition coefficient (Wildman–Crippen LogP) is 1.88. The summed E-state index contributed by atoms with van der Waals surface area (Å²) in [6.45, 7) is 0. The van der Waals surface area contributed by atoms with Crippen LogP contribution in [0.2, 0.25) is 0 Å². The number of carbonyl (C=O) groups is 2. The molecule has 0 aliphatic carbocycles. The number of hydrogen-bond acceptors (Lipinski definition) is 5. The van der Waals surface area contributed by atoms with Gasteiger partial charge in [-0.25, -0.2) is 18.6 Å². The Hall–Kier alpha value is -3.03. The summed E-state index contributed by atoms with van der Waals surface area (Å²) in [5.74, 6) is -3.02. The van der Waals surface area contributed by atoms with Crippen LogP contribution >= 0.6 is 0 Å². The van der Waals surface area contributed by atoms with E-state index in [9.17, 15) is 18.4 Å². The molecule has 0 aliphatic rings. The van der Waals surface area contributed by atoms with Crippen molar-refractivity contribution >= 4 is 11.9 Å². The van der Waals surface area contributed by atoms with Crippen molar-refractivity contribution in [2.24, 2.45) is 0 Å². The second kappa shape index (κ2) is 8.18. The maximum atomic E-state index is 13.3. The van der Waals surface area contributed by atoms with Crippen molar-refractivity contribution in [3.8, 4) is 5.88 Å². The molecule has 6 nitrogen and oxygen atoms in total. The largest absolute Gasteiger partial charge is 0.481 e. The molecule has 2 rings (SSSR count). The number of nitrogens with one attached hydrogen (secondary N) is 1. The van der Waals surface area contributed by atoms with Gasteiger partial charge < -0.3 is 14.8 Å². The fraction of sp³-hybridized carbons (Fsp3) is 0.235. The van der Waals surface area contributed by atoms with Crippen LogP contribution in [0, 0.1) is 11.6 Å². The van der Waals surface area contributed by atoms with Crippen LogP contribution in [0.1, 0.15) is 15.9 Å². The van der Waals surface area contributed by atoms with Gasteiger partial charge in [-0.05, 0) is 18.2 Å². The van der Waals surface area contributed by atoms with Crippen molar-refractivity contribution in [1.82, 2.24) is 10.3 Å². The van der Waals surface area contributed by atoms with Crippen LogP contribution in [0.4, 0.5) is 8.78 Å². The Morgan fingerprint density at radius 3 is 2.48 bits per heavy atom. The molecular weight excluding hydrogens is 334 g/mol. The molecule has 0 saturated heterocycles. The van der Waals surface area contributed by atoms with E-state index in [-0.39, 0.29) is 12.0 Å². The van der Waals surface area contributed by atoms with E-state index in [0.717, 1.165) is 12.1 Å². The molecule has 0 fully saturated rings. The number of amides is 1. The van der Waals surface area contributed by atoms with Crippen molar-refractivity contribution in [3.05, 3.63) is 59.3 Å². The predicted molar refractivity (Wildman–Crippen MR) is 84.1 cm³/mol. The Kier molecular flexibility index (Phi) is 5.99. The lowest BCUT2D eigenvalue weighted by molar-refractivity contribution is -0.142. The summed E-state index contributed by atoms with van der Waals surface area (Å²) < 4.78 is 36.3. The van der Waals surface area contributed by atoms with Gasteiger partial charge in [0.2, 0.25) is 5.88 Å². The summed E-state index contributed by atoms with van der Waals surface area (Å²) in [7, 11) is 2.59. The highest BCUT2D eigenvalue weighted by molar-refractivity contribution is 5.96. The van der Waals surface area contributed by atoms with Gasteiger partial charge in [-0.15, -0.1) is 0 Å². The van der Waals surface area contributed by atoms with E-state index in [1.165, 1.54) is 20.4 Å². The molecule has 0 saturated carbocycles. The summed E-state index contributed by atoms with van der Waals surface area (Å²) in [4.78, 5) is 28.2. The van der Waals surface area contributed by atoms with Crippen LogP contribution < -0.4 is 10.1 Å². The number of nitrogens with zero attached hydrogens (tertiary/aromatic N) is 1. The van der Waals surface area contributed by atoms with E-state index >= 15 is 0 Å². The second-order valence-corrected chi connectivity index (χ2v) is 5.08. The number of esters is 1. The molecule has 0 radical (unpaired) electrons. The third kappa shape index (κ3) is 4.72. The Balaban J connectivity index is 2.23. The molecule has 132 valence electrons. The standard InChI is InChI=1S/C17H16F2N2O4/c1-24-16-10(4-3-5-20-16)8-14(17(23)25-2)21-15(22)11-6-12(18)9-13(19)7-11/h3-7,9,14H,8H2,1-2H3,(H,21,22)/t14-/m0/s1. The second-order valence-electron chi connectivity index (χ2n) is 5.08. The lowest BCUT2D eigenvalue weighted by atomic mass is 10.1. The van der Waals surface area contributed by atoms with Crippen LogP contribution in [0.15, 0.2) is 36.5 Å². The third-order valence-electron chi connectivity index (χ3n) is 3.38. The highest BCUT2D eigenvalue weighted by atomic mass is 19.1. The van der Waals surface area contributed by atoms with Crippen molar-refractivity contribution in [3.63, 3.8) is 0 Å². The topological polar surface area (TPSA) is 77.5 Å². The van der Waals surface area contributed by atoms with E-state index in [2.05, 4.69) is 15.0 Å². The van der Waals surface area contributed by atoms with E-state index < -0.39 is 29.6 Å². The number of rotatable bonds is 6. The van der Waals surface area contributed by atoms with E-state index in [1.54, 1.807) is 12.1 Å². The van der Waals surface area contributed by atoms with Crippen molar-refractivity contribution in [1.29, 1.82) is 0 Å². The van der Waals surface area contributed by atoms with Gasteiger partial charge >= 0.3 is 5.97 Å². The van der Waals surface area contributed by atoms with E-state index in [1.807, 2.05) is 0 Å². The van der Waals surface area contributed by atoms with Crippen molar-refractivity contribution < 1.29 is 27.8 Å². The van der Waals surface area contributed by atoms with Gasteiger partial charge in [-0.1, -0.05) is 6.07 Å². The Morgan fingerprint density at radius 1 is 1.20 bits per heavy atom. The quantitative estimate of drug-likeness (QED) is 0.805. The molecule has 0 aliphatic heterocycles. The minimum Gasteiger partial charge on any atom is -0.481 e. The normalized spacial score (nSPS) is 11.5. The first kappa shape index (κ1) is 18.3. The smallest absolute Gasteiger partial charge is 0.328 e. The molecule has 0 spiro atoms. The molecule has 1 N–H and O–H groups in total. The zero-order valence-corrected chi connectivity index (χ0v) is 13.6. The summed E-state index contributed by atoms with van der Waals surface area (Å²) in [6.07, 6.45) is 1.55. The maximum absolute atomic E-state index is 13.3. The molecule has 1 aromatic carbocycles. The van der Waals surface area contributed by atoms with Crippen LogP contribution in [0.25, 0.3) is 0 Å². The van der Waals surface area contributed by atoms with Gasteiger partial charge in [0.25, 0.3) is 5.91 Å². The minimum atomic E-state index is -1.08. The first-order valence-electron chi connectivity index (χ1n) is 7.27. The molecule has 2 aromatic rings. The molecule has 0 bridgehead atoms. The Labute approximate surface area is 142 Å². The van der Waals surface area contributed by atoms with Gasteiger partial charge in [0, 0.05) is 29.8 Å². The lowest BCUT2D eigenvalue weighted by Crippen LogP contribution is -2.43. The lowest BCUT2D eigenvalue weighted by Gasteiger charge is -2.17. The molecule has 0 unspecified atom stereocenters. The Bertz CT molecular complexity index is 763. The number of carbonyl (C=O) groups excluding carboxylic acids is 2. The van der Waals surface area contributed by atoms with E-state index in [0.29, 0.717) is 17.5 Å². The number of halogens is 2. The number of pyridine rings is 1. The molecule has 8 heteroatoms. The summed E-state index contributed by atoms with van der Waals surface area (Å²) in [6, 6.07) is 4.64. The van der Waals surface area contributed by atoms with Crippen molar-refractivity contribution in [2.45, 2.75) is 12.5 Å². The number of methoxy groups -OCH3 is 2. The zero-order chi connectivity index (χ0) is 18.4. The summed E-state index contributed by atoms with van der Waals surface area (Å²) >= 11 is 0. The number of aromatic nitrogens is 1. The molecule has 25 heavy (non-hydrogen) atoms. The minimum absolute atomic E-state index is 0.0349. The SMILES string of the molecule is COC(=O)[C@H](Cc1cccnc1OC)NC(=O)c1cc(F)cc(F)c1. The third-order valence-corrected chi connectivity index (χ3v) is 3.38. The first-order valence-corrected chi connectivity index (χ1v) is 7.27. The highest BCUT2D eigenvalue weighted by Gasteiger charge is 2.24. The van der Waals surface area contributed by atoms with E-state index in [4.69, 9.17) is 4.74 Å². The molecular formula is C17H16F2N2O4. The summed E-state index contributed by atoms with van der Waals surface area (Å²) in [5.41, 5.74) is 0.315. The molecule has 1 atom stereocenters. The monoisotopic (exact) mass is 350 g/mol. The fourth-order valence-corrected chi connectivity index (χ4v) is 2.25. The first-order chi connectivity index (χ1) is 11.9. The number of hydrogen-bond donors (Lipinski definition) is 1.